The number of halogens is 3. The fourth-order valence-electron chi connectivity index (χ4n) is 1.99. The number of aryl methyl sites for hydroxylation is 1. The van der Waals surface area contributed by atoms with Gasteiger partial charge in [-0.25, -0.2) is 0 Å². The summed E-state index contributed by atoms with van der Waals surface area (Å²) >= 11 is 5.87. The van der Waals surface area contributed by atoms with Crippen molar-refractivity contribution in [3.8, 4) is 11.5 Å². The highest BCUT2D eigenvalue weighted by molar-refractivity contribution is 6.30. The highest BCUT2D eigenvalue weighted by Gasteiger charge is 2.18. The number of benzene rings is 2. The summed E-state index contributed by atoms with van der Waals surface area (Å²) in [7, 11) is 0. The van der Waals surface area contributed by atoms with Gasteiger partial charge >= 0.3 is 6.61 Å². The van der Waals surface area contributed by atoms with Crippen LogP contribution in [0.25, 0.3) is 0 Å². The number of ether oxygens (including phenoxy) is 2. The molecular formula is C17H16ClF2NO3. The van der Waals surface area contributed by atoms with Crippen molar-refractivity contribution in [1.82, 2.24) is 0 Å². The van der Waals surface area contributed by atoms with Crippen molar-refractivity contribution in [2.24, 2.45) is 0 Å². The van der Waals surface area contributed by atoms with Crippen LogP contribution >= 0.6 is 11.6 Å². The minimum atomic E-state index is -2.98. The summed E-state index contributed by atoms with van der Waals surface area (Å²) in [4.78, 5) is 12.2. The van der Waals surface area contributed by atoms with E-state index in [4.69, 9.17) is 16.3 Å². The third-order valence-corrected chi connectivity index (χ3v) is 3.41. The molecule has 2 aromatic rings. The Morgan fingerprint density at radius 3 is 2.50 bits per heavy atom. The van der Waals surface area contributed by atoms with E-state index >= 15 is 0 Å². The lowest BCUT2D eigenvalue weighted by Gasteiger charge is -2.17. The Hall–Kier alpha value is -2.34. The molecule has 1 amide bonds. The highest BCUT2D eigenvalue weighted by atomic mass is 35.5. The molecule has 0 saturated carbocycles. The van der Waals surface area contributed by atoms with Gasteiger partial charge in [-0.15, -0.1) is 0 Å². The minimum absolute atomic E-state index is 0.115. The number of hydrogen-bond acceptors (Lipinski definition) is 3. The van der Waals surface area contributed by atoms with Crippen molar-refractivity contribution in [2.75, 3.05) is 5.32 Å². The molecule has 2 aromatic carbocycles. The molecule has 2 rings (SSSR count). The Morgan fingerprint density at radius 2 is 1.83 bits per heavy atom. The molecule has 0 aromatic heterocycles. The maximum Gasteiger partial charge on any atom is 0.387 e. The summed E-state index contributed by atoms with van der Waals surface area (Å²) in [5.74, 6) is -0.0930. The van der Waals surface area contributed by atoms with E-state index < -0.39 is 18.6 Å². The molecule has 0 radical (unpaired) electrons. The van der Waals surface area contributed by atoms with Crippen molar-refractivity contribution in [3.63, 3.8) is 0 Å². The fourth-order valence-corrected chi connectivity index (χ4v) is 2.22. The van der Waals surface area contributed by atoms with Gasteiger partial charge in [0.05, 0.1) is 5.69 Å². The number of carbonyl (C=O) groups excluding carboxylic acids is 1. The van der Waals surface area contributed by atoms with E-state index in [0.29, 0.717) is 10.8 Å². The number of alkyl halides is 2. The average molecular weight is 356 g/mol. The first kappa shape index (κ1) is 18.0. The van der Waals surface area contributed by atoms with Gasteiger partial charge in [-0.05, 0) is 49.7 Å². The number of hydrogen-bond donors (Lipinski definition) is 1. The van der Waals surface area contributed by atoms with Crippen LogP contribution in [0.5, 0.6) is 11.5 Å². The number of amides is 1. The Morgan fingerprint density at radius 1 is 1.12 bits per heavy atom. The number of anilines is 1. The second-order valence-corrected chi connectivity index (χ2v) is 5.47. The van der Waals surface area contributed by atoms with E-state index in [0.717, 1.165) is 5.56 Å². The van der Waals surface area contributed by atoms with Crippen LogP contribution in [0.1, 0.15) is 12.5 Å². The van der Waals surface area contributed by atoms with Crippen molar-refractivity contribution < 1.29 is 23.0 Å². The Labute approximate surface area is 143 Å². The van der Waals surface area contributed by atoms with Crippen LogP contribution in [0.2, 0.25) is 5.02 Å². The summed E-state index contributed by atoms with van der Waals surface area (Å²) in [5, 5.41) is 3.08. The van der Waals surface area contributed by atoms with Crippen LogP contribution in [0.15, 0.2) is 42.5 Å². The van der Waals surface area contributed by atoms with E-state index in [1.807, 2.05) is 0 Å². The van der Waals surface area contributed by atoms with Gasteiger partial charge in [0.2, 0.25) is 0 Å². The quantitative estimate of drug-likeness (QED) is 0.820. The van der Waals surface area contributed by atoms with Gasteiger partial charge in [0.1, 0.15) is 11.5 Å². The molecule has 24 heavy (non-hydrogen) atoms. The van der Waals surface area contributed by atoms with Gasteiger partial charge in [0.25, 0.3) is 5.91 Å². The van der Waals surface area contributed by atoms with Crippen LogP contribution in [0, 0.1) is 6.92 Å². The largest absolute Gasteiger partial charge is 0.481 e. The molecule has 1 atom stereocenters. The molecule has 0 aliphatic heterocycles. The molecule has 0 aliphatic rings. The predicted molar refractivity (Wildman–Crippen MR) is 88.0 cm³/mol. The van der Waals surface area contributed by atoms with Gasteiger partial charge < -0.3 is 14.8 Å². The average Bonchev–Trinajstić information content (AvgIpc) is 2.51. The lowest BCUT2D eigenvalue weighted by Crippen LogP contribution is -2.30. The maximum absolute atomic E-state index is 12.4. The normalized spacial score (nSPS) is 11.9. The van der Waals surface area contributed by atoms with Crippen LogP contribution < -0.4 is 14.8 Å². The zero-order valence-corrected chi connectivity index (χ0v) is 13.8. The van der Waals surface area contributed by atoms with E-state index in [-0.39, 0.29) is 11.4 Å². The Balaban J connectivity index is 2.06. The maximum atomic E-state index is 12.4. The van der Waals surface area contributed by atoms with E-state index in [9.17, 15) is 13.6 Å². The van der Waals surface area contributed by atoms with Crippen LogP contribution in [-0.2, 0) is 4.79 Å². The van der Waals surface area contributed by atoms with Gasteiger partial charge in [-0.2, -0.15) is 8.78 Å². The molecule has 0 aliphatic carbocycles. The summed E-state index contributed by atoms with van der Waals surface area (Å²) in [6.07, 6.45) is -0.843. The predicted octanol–water partition coefficient (Wildman–Crippen LogP) is 4.66. The second kappa shape index (κ2) is 7.97. The Bertz CT molecular complexity index is 725. The molecule has 0 spiro atoms. The van der Waals surface area contributed by atoms with E-state index in [1.165, 1.54) is 18.2 Å². The van der Waals surface area contributed by atoms with Crippen LogP contribution in [-0.4, -0.2) is 18.6 Å². The topological polar surface area (TPSA) is 47.6 Å². The van der Waals surface area contributed by atoms with Gasteiger partial charge in [-0.3, -0.25) is 4.79 Å². The Kier molecular flexibility index (Phi) is 5.98. The van der Waals surface area contributed by atoms with Crippen molar-refractivity contribution in [2.45, 2.75) is 26.6 Å². The fraction of sp³-hybridized carbons (Fsp3) is 0.235. The van der Waals surface area contributed by atoms with Gasteiger partial charge in [0.15, 0.2) is 6.10 Å². The van der Waals surface area contributed by atoms with Crippen molar-refractivity contribution in [3.05, 3.63) is 53.1 Å². The number of rotatable bonds is 6. The molecule has 4 nitrogen and oxygen atoms in total. The third kappa shape index (κ3) is 4.83. The number of nitrogens with one attached hydrogen (secondary N) is 1. The molecule has 0 unspecified atom stereocenters. The summed E-state index contributed by atoms with van der Waals surface area (Å²) in [6.45, 7) is 0.380. The summed E-state index contributed by atoms with van der Waals surface area (Å²) in [6, 6.07) is 11.0. The zero-order chi connectivity index (χ0) is 17.7. The first-order valence-electron chi connectivity index (χ1n) is 7.14. The first-order chi connectivity index (χ1) is 11.4. The van der Waals surface area contributed by atoms with Gasteiger partial charge in [0, 0.05) is 5.02 Å². The lowest BCUT2D eigenvalue weighted by atomic mass is 10.2. The molecule has 0 heterocycles. The molecular weight excluding hydrogens is 340 g/mol. The first-order valence-corrected chi connectivity index (χ1v) is 7.52. The van der Waals surface area contributed by atoms with E-state index in [1.54, 1.807) is 38.1 Å². The van der Waals surface area contributed by atoms with Gasteiger partial charge in [-0.1, -0.05) is 23.7 Å². The molecule has 0 fully saturated rings. The summed E-state index contributed by atoms with van der Waals surface area (Å²) in [5.41, 5.74) is 0.926. The minimum Gasteiger partial charge on any atom is -0.481 e. The molecule has 1 N–H and O–H groups in total. The molecule has 128 valence electrons. The molecule has 0 saturated heterocycles. The monoisotopic (exact) mass is 355 g/mol. The third-order valence-electron chi connectivity index (χ3n) is 3.17. The summed E-state index contributed by atoms with van der Waals surface area (Å²) < 4.78 is 34.7. The SMILES string of the molecule is Cc1cc(Cl)ccc1O[C@H](C)C(=O)Nc1ccccc1OC(F)F. The highest BCUT2D eigenvalue weighted by Crippen LogP contribution is 2.26. The standard InChI is InChI=1S/C17H16ClF2NO3/c1-10-9-12(18)7-8-14(10)23-11(2)16(22)21-13-5-3-4-6-15(13)24-17(19)20/h3-9,11,17H,1-2H3,(H,21,22)/t11-/m1/s1. The van der Waals surface area contributed by atoms with Crippen LogP contribution in [0.3, 0.4) is 0 Å². The smallest absolute Gasteiger partial charge is 0.387 e. The van der Waals surface area contributed by atoms with E-state index in [2.05, 4.69) is 10.1 Å². The number of carbonyl (C=O) groups is 1. The lowest BCUT2D eigenvalue weighted by molar-refractivity contribution is -0.122. The number of para-hydroxylation sites is 2. The second-order valence-electron chi connectivity index (χ2n) is 5.03. The van der Waals surface area contributed by atoms with Crippen molar-refractivity contribution in [1.29, 1.82) is 0 Å². The zero-order valence-electron chi connectivity index (χ0n) is 13.1. The molecule has 7 heteroatoms. The van der Waals surface area contributed by atoms with Crippen molar-refractivity contribution >= 4 is 23.2 Å². The molecule has 0 bridgehead atoms. The van der Waals surface area contributed by atoms with Crippen LogP contribution in [0.4, 0.5) is 14.5 Å².